The summed E-state index contributed by atoms with van der Waals surface area (Å²) in [4.78, 5) is 25.3. The number of piperidine rings is 1. The lowest BCUT2D eigenvalue weighted by atomic mass is 10.0. The lowest BCUT2D eigenvalue weighted by Gasteiger charge is -2.29. The van der Waals surface area contributed by atoms with Gasteiger partial charge >= 0.3 is 0 Å². The molecule has 2 aliphatic heterocycles. The third kappa shape index (κ3) is 4.39. The van der Waals surface area contributed by atoms with Crippen LogP contribution in [0.2, 0.25) is 0 Å². The highest BCUT2D eigenvalue weighted by Crippen LogP contribution is 2.24. The number of carbonyl (C=O) groups excluding carboxylic acids is 2. The minimum atomic E-state index is -3.49. The zero-order valence-electron chi connectivity index (χ0n) is 14.7. The topological polar surface area (TPSA) is 86.8 Å². The molecule has 0 aromatic heterocycles. The van der Waals surface area contributed by atoms with E-state index in [1.165, 1.54) is 33.1 Å². The van der Waals surface area contributed by atoms with Crippen molar-refractivity contribution >= 4 is 39.3 Å². The Labute approximate surface area is 158 Å². The van der Waals surface area contributed by atoms with Crippen molar-refractivity contribution in [1.29, 1.82) is 0 Å². The Bertz CT molecular complexity index is 772. The Morgan fingerprint density at radius 3 is 2.46 bits per heavy atom. The van der Waals surface area contributed by atoms with Gasteiger partial charge in [-0.25, -0.2) is 8.42 Å². The molecule has 7 nitrogen and oxygen atoms in total. The molecule has 2 fully saturated rings. The van der Waals surface area contributed by atoms with E-state index in [9.17, 15) is 18.0 Å². The molecule has 0 atom stereocenters. The average molecular weight is 398 g/mol. The molecule has 0 radical (unpaired) electrons. The van der Waals surface area contributed by atoms with E-state index >= 15 is 0 Å². The molecule has 3 rings (SSSR count). The molecule has 2 saturated heterocycles. The monoisotopic (exact) mass is 397 g/mol. The summed E-state index contributed by atoms with van der Waals surface area (Å²) < 4.78 is 26.9. The number of benzene rings is 1. The van der Waals surface area contributed by atoms with E-state index in [2.05, 4.69) is 12.2 Å². The van der Waals surface area contributed by atoms with Crippen molar-refractivity contribution in [3.8, 4) is 0 Å². The molecule has 142 valence electrons. The Hall–Kier alpha value is -1.58. The molecule has 0 saturated carbocycles. The molecule has 2 amide bonds. The van der Waals surface area contributed by atoms with E-state index in [0.717, 1.165) is 12.8 Å². The SMILES string of the molecule is CC1CCN(S(=O)(=O)c2ccc(NC(=O)CN3CSCC3=O)cc2)CC1. The highest BCUT2D eigenvalue weighted by atomic mass is 32.2. The van der Waals surface area contributed by atoms with Gasteiger partial charge in [-0.3, -0.25) is 9.59 Å². The van der Waals surface area contributed by atoms with Crippen LogP contribution in [0.25, 0.3) is 0 Å². The van der Waals surface area contributed by atoms with Gasteiger partial charge in [0.15, 0.2) is 0 Å². The summed E-state index contributed by atoms with van der Waals surface area (Å²) in [6.45, 7) is 3.24. The molecule has 0 unspecified atom stereocenters. The van der Waals surface area contributed by atoms with Crippen LogP contribution < -0.4 is 5.32 Å². The Morgan fingerprint density at radius 1 is 1.23 bits per heavy atom. The van der Waals surface area contributed by atoms with E-state index in [4.69, 9.17) is 0 Å². The Balaban J connectivity index is 1.61. The summed E-state index contributed by atoms with van der Waals surface area (Å²) in [5, 5.41) is 2.70. The first-order valence-electron chi connectivity index (χ1n) is 8.62. The zero-order chi connectivity index (χ0) is 18.7. The van der Waals surface area contributed by atoms with Crippen molar-refractivity contribution in [1.82, 2.24) is 9.21 Å². The lowest BCUT2D eigenvalue weighted by molar-refractivity contribution is -0.130. The fourth-order valence-electron chi connectivity index (χ4n) is 3.00. The van der Waals surface area contributed by atoms with Gasteiger partial charge in [-0.05, 0) is 43.0 Å². The van der Waals surface area contributed by atoms with Crippen LogP contribution >= 0.6 is 11.8 Å². The standard InChI is InChI=1S/C17H23N3O4S2/c1-13-6-8-20(9-7-13)26(23,24)15-4-2-14(3-5-15)18-16(21)10-19-12-25-11-17(19)22/h2-5,13H,6-12H2,1H3,(H,18,21). The number of nitrogens with one attached hydrogen (secondary N) is 1. The lowest BCUT2D eigenvalue weighted by Crippen LogP contribution is -2.37. The van der Waals surface area contributed by atoms with Gasteiger partial charge in [0.2, 0.25) is 21.8 Å². The maximum atomic E-state index is 12.7. The highest BCUT2D eigenvalue weighted by molar-refractivity contribution is 8.00. The van der Waals surface area contributed by atoms with Crippen LogP contribution in [0.5, 0.6) is 0 Å². The van der Waals surface area contributed by atoms with Crippen LogP contribution in [-0.2, 0) is 19.6 Å². The Kier molecular flexibility index (Phi) is 5.89. The maximum Gasteiger partial charge on any atom is 0.244 e. The number of hydrogen-bond acceptors (Lipinski definition) is 5. The van der Waals surface area contributed by atoms with Gasteiger partial charge in [0.1, 0.15) is 6.54 Å². The van der Waals surface area contributed by atoms with Crippen LogP contribution in [0.1, 0.15) is 19.8 Å². The third-order valence-electron chi connectivity index (χ3n) is 4.68. The van der Waals surface area contributed by atoms with Gasteiger partial charge in [-0.1, -0.05) is 6.92 Å². The first-order chi connectivity index (χ1) is 12.4. The van der Waals surface area contributed by atoms with Gasteiger partial charge < -0.3 is 10.2 Å². The molecule has 2 heterocycles. The number of sulfonamides is 1. The quantitative estimate of drug-likeness (QED) is 0.815. The van der Waals surface area contributed by atoms with Crippen molar-refractivity contribution in [2.75, 3.05) is 36.6 Å². The number of nitrogens with zero attached hydrogens (tertiary/aromatic N) is 2. The molecule has 1 aromatic rings. The number of anilines is 1. The molecule has 1 N–H and O–H groups in total. The largest absolute Gasteiger partial charge is 0.325 e. The summed E-state index contributed by atoms with van der Waals surface area (Å²) >= 11 is 1.48. The van der Waals surface area contributed by atoms with E-state index in [1.54, 1.807) is 12.1 Å². The average Bonchev–Trinajstić information content (AvgIpc) is 3.00. The smallest absolute Gasteiger partial charge is 0.244 e. The summed E-state index contributed by atoms with van der Waals surface area (Å²) in [6.07, 6.45) is 1.75. The predicted molar refractivity (Wildman–Crippen MR) is 101 cm³/mol. The molecule has 9 heteroatoms. The van der Waals surface area contributed by atoms with E-state index in [1.807, 2.05) is 0 Å². The van der Waals surface area contributed by atoms with E-state index < -0.39 is 10.0 Å². The van der Waals surface area contributed by atoms with Crippen LogP contribution in [0, 0.1) is 5.92 Å². The number of amides is 2. The number of hydrogen-bond donors (Lipinski definition) is 1. The summed E-state index contributed by atoms with van der Waals surface area (Å²) in [5.74, 6) is 1.16. The summed E-state index contributed by atoms with van der Waals surface area (Å²) in [5.41, 5.74) is 0.514. The molecule has 2 aliphatic rings. The van der Waals surface area contributed by atoms with Gasteiger partial charge in [0.05, 0.1) is 16.5 Å². The van der Waals surface area contributed by atoms with Crippen molar-refractivity contribution in [3.05, 3.63) is 24.3 Å². The highest BCUT2D eigenvalue weighted by Gasteiger charge is 2.28. The molecular weight excluding hydrogens is 374 g/mol. The zero-order valence-corrected chi connectivity index (χ0v) is 16.3. The van der Waals surface area contributed by atoms with Gasteiger partial charge in [-0.2, -0.15) is 4.31 Å². The molecule has 26 heavy (non-hydrogen) atoms. The number of thioether (sulfide) groups is 1. The summed E-state index contributed by atoms with van der Waals surface area (Å²) in [6, 6.07) is 6.19. The predicted octanol–water partition coefficient (Wildman–Crippen LogP) is 1.58. The molecule has 1 aromatic carbocycles. The second kappa shape index (κ2) is 7.98. The molecular formula is C17H23N3O4S2. The second-order valence-corrected chi connectivity index (χ2v) is 9.62. The van der Waals surface area contributed by atoms with Crippen molar-refractivity contribution < 1.29 is 18.0 Å². The van der Waals surface area contributed by atoms with Gasteiger partial charge in [0.25, 0.3) is 0 Å². The minimum Gasteiger partial charge on any atom is -0.325 e. The first-order valence-corrected chi connectivity index (χ1v) is 11.2. The molecule has 0 spiro atoms. The normalized spacial score (nSPS) is 19.7. The third-order valence-corrected chi connectivity index (χ3v) is 7.54. The van der Waals surface area contributed by atoms with Crippen LogP contribution in [0.15, 0.2) is 29.2 Å². The van der Waals surface area contributed by atoms with Crippen molar-refractivity contribution in [2.45, 2.75) is 24.7 Å². The van der Waals surface area contributed by atoms with E-state index in [-0.39, 0.29) is 23.3 Å². The molecule has 0 bridgehead atoms. The summed E-state index contributed by atoms with van der Waals surface area (Å²) in [7, 11) is -3.49. The molecule has 0 aliphatic carbocycles. The first kappa shape index (κ1) is 19.2. The Morgan fingerprint density at radius 2 is 1.88 bits per heavy atom. The fourth-order valence-corrected chi connectivity index (χ4v) is 5.37. The number of rotatable bonds is 5. The van der Waals surface area contributed by atoms with Crippen LogP contribution in [0.4, 0.5) is 5.69 Å². The second-order valence-electron chi connectivity index (χ2n) is 6.73. The maximum absolute atomic E-state index is 12.7. The van der Waals surface area contributed by atoms with Crippen LogP contribution in [0.3, 0.4) is 0 Å². The van der Waals surface area contributed by atoms with Gasteiger partial charge in [0, 0.05) is 18.8 Å². The number of carbonyl (C=O) groups is 2. The van der Waals surface area contributed by atoms with Crippen molar-refractivity contribution in [3.63, 3.8) is 0 Å². The van der Waals surface area contributed by atoms with Crippen molar-refractivity contribution in [2.24, 2.45) is 5.92 Å². The fraction of sp³-hybridized carbons (Fsp3) is 0.529. The van der Waals surface area contributed by atoms with E-state index in [0.29, 0.717) is 36.3 Å². The van der Waals surface area contributed by atoms with Gasteiger partial charge in [-0.15, -0.1) is 11.8 Å². The minimum absolute atomic E-state index is 0.0118. The van der Waals surface area contributed by atoms with Crippen LogP contribution in [-0.4, -0.2) is 60.7 Å².